The van der Waals surface area contributed by atoms with Crippen molar-refractivity contribution in [1.29, 1.82) is 0 Å². The quantitative estimate of drug-likeness (QED) is 0.787. The van der Waals surface area contributed by atoms with Crippen LogP contribution >= 0.6 is 0 Å². The molecule has 1 aliphatic rings. The summed E-state index contributed by atoms with van der Waals surface area (Å²) in [5.74, 6) is 1.35. The fourth-order valence-electron chi connectivity index (χ4n) is 2.17. The molecule has 0 amide bonds. The van der Waals surface area contributed by atoms with Crippen LogP contribution < -0.4 is 4.74 Å². The molecule has 2 rings (SSSR count). The van der Waals surface area contributed by atoms with Gasteiger partial charge in [0.2, 0.25) is 0 Å². The summed E-state index contributed by atoms with van der Waals surface area (Å²) in [5.41, 5.74) is 1.04. The van der Waals surface area contributed by atoms with Crippen molar-refractivity contribution in [3.8, 4) is 5.75 Å². The molecule has 0 aliphatic carbocycles. The maximum Gasteiger partial charge on any atom is 0.122 e. The molecule has 1 N–H and O–H groups in total. The number of benzene rings is 1. The van der Waals surface area contributed by atoms with E-state index in [4.69, 9.17) is 4.74 Å². The molecule has 1 aliphatic heterocycles. The molecule has 0 radical (unpaired) electrons. The Labute approximate surface area is 96.6 Å². The highest BCUT2D eigenvalue weighted by atomic mass is 16.5. The summed E-state index contributed by atoms with van der Waals surface area (Å²) >= 11 is 0. The third kappa shape index (κ3) is 1.98. The maximum absolute atomic E-state index is 9.38. The van der Waals surface area contributed by atoms with E-state index in [9.17, 15) is 5.11 Å². The van der Waals surface area contributed by atoms with Crippen molar-refractivity contribution in [3.63, 3.8) is 0 Å². The van der Waals surface area contributed by atoms with Gasteiger partial charge in [-0.05, 0) is 12.5 Å². The molecule has 0 saturated carbocycles. The van der Waals surface area contributed by atoms with Crippen molar-refractivity contribution >= 4 is 0 Å². The third-order valence-corrected chi connectivity index (χ3v) is 3.37. The van der Waals surface area contributed by atoms with Crippen LogP contribution in [0.25, 0.3) is 0 Å². The molecule has 0 bridgehead atoms. The average molecular weight is 218 g/mol. The molecule has 1 heterocycles. The highest BCUT2D eigenvalue weighted by Gasteiger charge is 2.30. The number of hydrogen-bond donors (Lipinski definition) is 1. The minimum absolute atomic E-state index is 0.134. The first-order chi connectivity index (χ1) is 7.68. The SMILES string of the molecule is C=CC(C)(CO)CC1COc2ccccc21. The predicted molar refractivity (Wildman–Crippen MR) is 64.7 cm³/mol. The normalized spacial score (nSPS) is 22.0. The lowest BCUT2D eigenvalue weighted by Crippen LogP contribution is -2.22. The van der Waals surface area contributed by atoms with Gasteiger partial charge in [0.15, 0.2) is 0 Å². The zero-order valence-electron chi connectivity index (χ0n) is 9.65. The molecule has 16 heavy (non-hydrogen) atoms. The van der Waals surface area contributed by atoms with Crippen LogP contribution in [0.1, 0.15) is 24.8 Å². The lowest BCUT2D eigenvalue weighted by molar-refractivity contribution is 0.161. The number of aliphatic hydroxyl groups excluding tert-OH is 1. The summed E-state index contributed by atoms with van der Waals surface area (Å²) in [6, 6.07) is 8.12. The third-order valence-electron chi connectivity index (χ3n) is 3.37. The van der Waals surface area contributed by atoms with E-state index in [1.54, 1.807) is 0 Å². The van der Waals surface area contributed by atoms with Crippen LogP contribution in [0.2, 0.25) is 0 Å². The molecule has 0 aromatic heterocycles. The summed E-state index contributed by atoms with van der Waals surface area (Å²) < 4.78 is 5.63. The lowest BCUT2D eigenvalue weighted by atomic mass is 9.80. The number of hydrogen-bond acceptors (Lipinski definition) is 2. The molecule has 86 valence electrons. The molecule has 2 nitrogen and oxygen atoms in total. The van der Waals surface area contributed by atoms with E-state index in [0.717, 1.165) is 12.2 Å². The summed E-state index contributed by atoms with van der Waals surface area (Å²) in [6.45, 7) is 6.67. The van der Waals surface area contributed by atoms with Gasteiger partial charge in [-0.1, -0.05) is 31.2 Å². The van der Waals surface area contributed by atoms with Gasteiger partial charge in [-0.2, -0.15) is 0 Å². The van der Waals surface area contributed by atoms with Gasteiger partial charge < -0.3 is 9.84 Å². The van der Waals surface area contributed by atoms with Crippen molar-refractivity contribution in [3.05, 3.63) is 42.5 Å². The molecule has 0 fully saturated rings. The van der Waals surface area contributed by atoms with E-state index in [0.29, 0.717) is 12.5 Å². The van der Waals surface area contributed by atoms with E-state index >= 15 is 0 Å². The molecule has 2 heteroatoms. The van der Waals surface area contributed by atoms with Gasteiger partial charge in [0.05, 0.1) is 13.2 Å². The standard InChI is InChI=1S/C14H18O2/c1-3-14(2,10-15)8-11-9-16-13-7-5-4-6-12(11)13/h3-7,11,15H,1,8-10H2,2H3. The van der Waals surface area contributed by atoms with Gasteiger partial charge in [-0.3, -0.25) is 0 Å². The van der Waals surface area contributed by atoms with Crippen molar-refractivity contribution in [2.45, 2.75) is 19.3 Å². The average Bonchev–Trinajstić information content (AvgIpc) is 2.73. The highest BCUT2D eigenvalue weighted by molar-refractivity contribution is 5.39. The molecular formula is C14H18O2. The predicted octanol–water partition coefficient (Wildman–Crippen LogP) is 2.74. The largest absolute Gasteiger partial charge is 0.493 e. The number of aliphatic hydroxyl groups is 1. The minimum Gasteiger partial charge on any atom is -0.493 e. The Hall–Kier alpha value is -1.28. The Bertz CT molecular complexity index is 386. The van der Waals surface area contributed by atoms with Crippen LogP contribution in [0.4, 0.5) is 0 Å². The summed E-state index contributed by atoms with van der Waals surface area (Å²) in [6.07, 6.45) is 2.72. The Morgan fingerprint density at radius 2 is 2.31 bits per heavy atom. The molecular weight excluding hydrogens is 200 g/mol. The number of fused-ring (bicyclic) bond motifs is 1. The first-order valence-electron chi connectivity index (χ1n) is 5.65. The number of para-hydroxylation sites is 1. The van der Waals surface area contributed by atoms with E-state index in [2.05, 4.69) is 12.6 Å². The van der Waals surface area contributed by atoms with Crippen LogP contribution in [0.3, 0.4) is 0 Å². The van der Waals surface area contributed by atoms with E-state index < -0.39 is 0 Å². The van der Waals surface area contributed by atoms with Gasteiger partial charge in [-0.25, -0.2) is 0 Å². The Morgan fingerprint density at radius 1 is 1.56 bits per heavy atom. The zero-order valence-corrected chi connectivity index (χ0v) is 9.65. The van der Waals surface area contributed by atoms with Crippen LogP contribution in [0, 0.1) is 5.41 Å². The molecule has 2 unspecified atom stereocenters. The zero-order chi connectivity index (χ0) is 11.6. The second-order valence-electron chi connectivity index (χ2n) is 4.77. The highest BCUT2D eigenvalue weighted by Crippen LogP contribution is 2.40. The monoisotopic (exact) mass is 218 g/mol. The molecule has 1 aromatic rings. The first kappa shape index (κ1) is 11.2. The summed E-state index contributed by atoms with van der Waals surface area (Å²) in [5, 5.41) is 9.38. The molecule has 0 spiro atoms. The second kappa shape index (κ2) is 4.30. The van der Waals surface area contributed by atoms with Crippen LogP contribution in [-0.2, 0) is 0 Å². The van der Waals surface area contributed by atoms with Gasteiger partial charge in [-0.15, -0.1) is 6.58 Å². The van der Waals surface area contributed by atoms with Crippen molar-refractivity contribution in [1.82, 2.24) is 0 Å². The fraction of sp³-hybridized carbons (Fsp3) is 0.429. The Kier molecular flexibility index (Phi) is 3.01. The maximum atomic E-state index is 9.38. The molecule has 1 aromatic carbocycles. The van der Waals surface area contributed by atoms with Gasteiger partial charge in [0.25, 0.3) is 0 Å². The van der Waals surface area contributed by atoms with Crippen molar-refractivity contribution < 1.29 is 9.84 Å². The molecule has 0 saturated heterocycles. The van der Waals surface area contributed by atoms with Crippen molar-refractivity contribution in [2.75, 3.05) is 13.2 Å². The van der Waals surface area contributed by atoms with E-state index in [1.807, 2.05) is 31.2 Å². The van der Waals surface area contributed by atoms with E-state index in [-0.39, 0.29) is 12.0 Å². The number of rotatable bonds is 4. The Balaban J connectivity index is 2.17. The number of ether oxygens (including phenoxy) is 1. The van der Waals surface area contributed by atoms with Crippen LogP contribution in [0.15, 0.2) is 36.9 Å². The summed E-state index contributed by atoms with van der Waals surface area (Å²) in [4.78, 5) is 0. The van der Waals surface area contributed by atoms with Gasteiger partial charge in [0, 0.05) is 16.9 Å². The topological polar surface area (TPSA) is 29.5 Å². The van der Waals surface area contributed by atoms with Crippen LogP contribution in [0.5, 0.6) is 5.75 Å². The fourth-order valence-corrected chi connectivity index (χ4v) is 2.17. The summed E-state index contributed by atoms with van der Waals surface area (Å²) in [7, 11) is 0. The lowest BCUT2D eigenvalue weighted by Gasteiger charge is -2.25. The minimum atomic E-state index is -0.217. The van der Waals surface area contributed by atoms with E-state index in [1.165, 1.54) is 5.56 Å². The smallest absolute Gasteiger partial charge is 0.122 e. The first-order valence-corrected chi connectivity index (χ1v) is 5.65. The van der Waals surface area contributed by atoms with Crippen molar-refractivity contribution in [2.24, 2.45) is 5.41 Å². The van der Waals surface area contributed by atoms with Gasteiger partial charge in [0.1, 0.15) is 5.75 Å². The Morgan fingerprint density at radius 3 is 3.00 bits per heavy atom. The van der Waals surface area contributed by atoms with Crippen LogP contribution in [-0.4, -0.2) is 18.3 Å². The molecule has 2 atom stereocenters. The second-order valence-corrected chi connectivity index (χ2v) is 4.77. The van der Waals surface area contributed by atoms with Gasteiger partial charge >= 0.3 is 0 Å².